The third kappa shape index (κ3) is 4.71. The first-order chi connectivity index (χ1) is 19.4. The molecule has 1 N–H and O–H groups in total. The minimum absolute atomic E-state index is 0.0277. The second kappa shape index (κ2) is 10.6. The summed E-state index contributed by atoms with van der Waals surface area (Å²) in [6.07, 6.45) is 4.57. The number of ketones is 1. The van der Waals surface area contributed by atoms with Crippen molar-refractivity contribution in [1.82, 2.24) is 19.7 Å². The van der Waals surface area contributed by atoms with Crippen molar-refractivity contribution in [1.29, 1.82) is 0 Å². The standard InChI is InChI=1S/C30H31F2N5O3/c1-19(38)25-15-36(27-7-6-20(10-24(25)27)21-8-9-34-35-12-21)16-30(17-40-18-30)37-14-22(31)11-23(37)13-33-26-4-3-5-28(39-2)29(26)32/h3-10,12,15,22-23,33H,11,13-14,16-18H2,1-2H3/t22-,23+/m1/s1. The summed E-state index contributed by atoms with van der Waals surface area (Å²) in [4.78, 5) is 14.8. The summed E-state index contributed by atoms with van der Waals surface area (Å²) in [5, 5.41) is 11.8. The van der Waals surface area contributed by atoms with E-state index < -0.39 is 17.5 Å². The number of hydrogen-bond donors (Lipinski definition) is 1. The van der Waals surface area contributed by atoms with Gasteiger partial charge in [0.05, 0.1) is 43.9 Å². The third-order valence-corrected chi connectivity index (χ3v) is 8.07. The van der Waals surface area contributed by atoms with Gasteiger partial charge in [0.1, 0.15) is 6.17 Å². The van der Waals surface area contributed by atoms with Gasteiger partial charge in [-0.15, -0.1) is 0 Å². The monoisotopic (exact) mass is 547 g/mol. The maximum atomic E-state index is 14.9. The molecule has 2 aliphatic rings. The van der Waals surface area contributed by atoms with Crippen LogP contribution in [0.2, 0.25) is 0 Å². The molecule has 2 aromatic carbocycles. The molecule has 10 heteroatoms. The fourth-order valence-corrected chi connectivity index (χ4v) is 6.02. The Hall–Kier alpha value is -3.89. The number of nitrogens with zero attached hydrogens (tertiary/aromatic N) is 4. The van der Waals surface area contributed by atoms with Crippen LogP contribution in [0.5, 0.6) is 5.75 Å². The van der Waals surface area contributed by atoms with Gasteiger partial charge in [0, 0.05) is 53.9 Å². The molecule has 0 aliphatic carbocycles. The van der Waals surface area contributed by atoms with Crippen LogP contribution in [0.15, 0.2) is 61.1 Å². The lowest BCUT2D eigenvalue weighted by molar-refractivity contribution is -0.152. The number of hydrogen-bond acceptors (Lipinski definition) is 7. The van der Waals surface area contributed by atoms with Crippen LogP contribution in [-0.4, -0.2) is 76.6 Å². The van der Waals surface area contributed by atoms with Gasteiger partial charge in [0.25, 0.3) is 0 Å². The maximum absolute atomic E-state index is 14.9. The van der Waals surface area contributed by atoms with E-state index in [0.29, 0.717) is 44.0 Å². The fourth-order valence-electron chi connectivity index (χ4n) is 6.02. The number of carbonyl (C=O) groups excluding carboxylic acids is 1. The number of benzene rings is 2. The number of halogens is 2. The Kier molecular flexibility index (Phi) is 6.97. The number of ether oxygens (including phenoxy) is 2. The molecule has 0 radical (unpaired) electrons. The zero-order chi connectivity index (χ0) is 27.9. The normalized spacial score (nSPS) is 20.4. The average Bonchev–Trinajstić information content (AvgIpc) is 3.50. The Morgan fingerprint density at radius 2 is 2.05 bits per heavy atom. The zero-order valence-corrected chi connectivity index (χ0v) is 22.4. The van der Waals surface area contributed by atoms with Crippen molar-refractivity contribution in [3.05, 3.63) is 72.4 Å². The number of rotatable bonds is 9. The maximum Gasteiger partial charge on any atom is 0.188 e. The molecule has 8 nitrogen and oxygen atoms in total. The van der Waals surface area contributed by atoms with E-state index in [-0.39, 0.29) is 24.1 Å². The van der Waals surface area contributed by atoms with Crippen molar-refractivity contribution in [3.8, 4) is 16.9 Å². The van der Waals surface area contributed by atoms with Gasteiger partial charge in [-0.05, 0) is 49.2 Å². The van der Waals surface area contributed by atoms with Crippen LogP contribution in [0.4, 0.5) is 14.5 Å². The first-order valence-electron chi connectivity index (χ1n) is 13.3. The molecule has 0 saturated carbocycles. The minimum Gasteiger partial charge on any atom is -0.494 e. The highest BCUT2D eigenvalue weighted by molar-refractivity contribution is 6.07. The predicted octanol–water partition coefficient (Wildman–Crippen LogP) is 4.74. The van der Waals surface area contributed by atoms with E-state index in [1.165, 1.54) is 7.11 Å². The topological polar surface area (TPSA) is 81.5 Å². The number of anilines is 1. The van der Waals surface area contributed by atoms with Crippen LogP contribution in [0.25, 0.3) is 22.0 Å². The number of aromatic nitrogens is 3. The summed E-state index contributed by atoms with van der Waals surface area (Å²) in [6, 6.07) is 12.7. The number of alkyl halides is 1. The highest BCUT2D eigenvalue weighted by atomic mass is 19.1. The summed E-state index contributed by atoms with van der Waals surface area (Å²) >= 11 is 0. The third-order valence-electron chi connectivity index (χ3n) is 8.07. The lowest BCUT2D eigenvalue weighted by atomic mass is 9.93. The van der Waals surface area contributed by atoms with Crippen molar-refractivity contribution < 1.29 is 23.0 Å². The molecule has 2 aliphatic heterocycles. The molecule has 208 valence electrons. The summed E-state index contributed by atoms with van der Waals surface area (Å²) in [7, 11) is 1.43. The first-order valence-corrected chi connectivity index (χ1v) is 13.3. The lowest BCUT2D eigenvalue weighted by Gasteiger charge is -2.50. The molecule has 40 heavy (non-hydrogen) atoms. The van der Waals surface area contributed by atoms with Gasteiger partial charge in [-0.25, -0.2) is 8.78 Å². The number of fused-ring (bicyclic) bond motifs is 1. The van der Waals surface area contributed by atoms with Crippen molar-refractivity contribution >= 4 is 22.4 Å². The molecule has 2 atom stereocenters. The van der Waals surface area contributed by atoms with Gasteiger partial charge < -0.3 is 19.4 Å². The van der Waals surface area contributed by atoms with Crippen LogP contribution < -0.4 is 10.1 Å². The fraction of sp³-hybridized carbons (Fsp3) is 0.367. The largest absolute Gasteiger partial charge is 0.494 e. The Morgan fingerprint density at radius 1 is 1.20 bits per heavy atom. The van der Waals surface area contributed by atoms with Gasteiger partial charge >= 0.3 is 0 Å². The molecule has 0 spiro atoms. The smallest absolute Gasteiger partial charge is 0.188 e. The second-order valence-corrected chi connectivity index (χ2v) is 10.6. The molecule has 4 aromatic rings. The van der Waals surface area contributed by atoms with Crippen molar-refractivity contribution in [3.63, 3.8) is 0 Å². The van der Waals surface area contributed by atoms with E-state index in [9.17, 15) is 13.6 Å². The minimum atomic E-state index is -0.995. The molecule has 0 bridgehead atoms. The van der Waals surface area contributed by atoms with Crippen LogP contribution in [-0.2, 0) is 11.3 Å². The number of methoxy groups -OCH3 is 1. The van der Waals surface area contributed by atoms with Crippen LogP contribution in [0.3, 0.4) is 0 Å². The van der Waals surface area contributed by atoms with Crippen molar-refractivity contribution in [2.75, 3.05) is 38.7 Å². The Labute approximate surface area is 230 Å². The predicted molar refractivity (Wildman–Crippen MR) is 148 cm³/mol. The molecule has 2 aromatic heterocycles. The second-order valence-electron chi connectivity index (χ2n) is 10.6. The quantitative estimate of drug-likeness (QED) is 0.303. The van der Waals surface area contributed by atoms with E-state index in [0.717, 1.165) is 22.0 Å². The van der Waals surface area contributed by atoms with Crippen LogP contribution >= 0.6 is 0 Å². The van der Waals surface area contributed by atoms with Crippen LogP contribution in [0.1, 0.15) is 23.7 Å². The number of carbonyl (C=O) groups is 1. The molecule has 0 amide bonds. The van der Waals surface area contributed by atoms with Gasteiger partial charge in [-0.3, -0.25) is 9.69 Å². The number of Topliss-reactive ketones (excluding diaryl/α,β-unsaturated/α-hetero) is 1. The Balaban J connectivity index is 1.29. The van der Waals surface area contributed by atoms with Gasteiger partial charge in [0.2, 0.25) is 0 Å². The first kappa shape index (κ1) is 26.3. The molecular formula is C30H31F2N5O3. The summed E-state index contributed by atoms with van der Waals surface area (Å²) in [6.45, 7) is 3.63. The molecular weight excluding hydrogens is 516 g/mol. The van der Waals surface area contributed by atoms with Crippen molar-refractivity contribution in [2.24, 2.45) is 0 Å². The molecule has 6 rings (SSSR count). The number of nitrogens with one attached hydrogen (secondary N) is 1. The lowest BCUT2D eigenvalue weighted by Crippen LogP contribution is -2.66. The zero-order valence-electron chi connectivity index (χ0n) is 22.4. The number of likely N-dealkylation sites (tertiary alicyclic amines) is 1. The summed E-state index contributed by atoms with van der Waals surface area (Å²) in [5.74, 6) is -0.338. The molecule has 4 heterocycles. The van der Waals surface area contributed by atoms with E-state index >= 15 is 0 Å². The van der Waals surface area contributed by atoms with E-state index in [4.69, 9.17) is 9.47 Å². The summed E-state index contributed by atoms with van der Waals surface area (Å²) in [5.41, 5.74) is 3.28. The molecule has 0 unspecified atom stereocenters. The SMILES string of the molecule is COc1cccc(NC[C@@H]2C[C@@H](F)CN2C2(Cn3cc(C(C)=O)c4cc(-c5ccnnc5)ccc43)COC2)c1F. The highest BCUT2D eigenvalue weighted by Gasteiger charge is 2.51. The van der Waals surface area contributed by atoms with E-state index in [2.05, 4.69) is 25.0 Å². The highest BCUT2D eigenvalue weighted by Crippen LogP contribution is 2.38. The van der Waals surface area contributed by atoms with E-state index in [1.54, 1.807) is 37.5 Å². The van der Waals surface area contributed by atoms with Gasteiger partial charge in [0.15, 0.2) is 17.3 Å². The van der Waals surface area contributed by atoms with Crippen molar-refractivity contribution in [2.45, 2.75) is 37.6 Å². The van der Waals surface area contributed by atoms with Gasteiger partial charge in [-0.1, -0.05) is 12.1 Å². The summed E-state index contributed by atoms with van der Waals surface area (Å²) < 4.78 is 42.5. The van der Waals surface area contributed by atoms with Gasteiger partial charge in [-0.2, -0.15) is 10.2 Å². The molecule has 2 saturated heterocycles. The Bertz CT molecular complexity index is 1540. The average molecular weight is 548 g/mol. The van der Waals surface area contributed by atoms with Crippen LogP contribution in [0, 0.1) is 5.82 Å². The molecule has 2 fully saturated rings. The van der Waals surface area contributed by atoms with E-state index in [1.807, 2.05) is 30.5 Å². The Morgan fingerprint density at radius 3 is 2.75 bits per heavy atom.